The van der Waals surface area contributed by atoms with Crippen LogP contribution in [-0.4, -0.2) is 11.2 Å². The van der Waals surface area contributed by atoms with Crippen molar-refractivity contribution >= 4 is 0 Å². The molecule has 1 aromatic rings. The predicted octanol–water partition coefficient (Wildman–Crippen LogP) is 3.05. The standard InChI is InChI=1S/C15H25NO/c1-4-12-6-8-13(9-7-12)15(16)14(17)10-5-11(2)3/h6-9,11,14-15,17H,4-5,10,16H2,1-3H3/t14-,15+/m1/s1. The van der Waals surface area contributed by atoms with Crippen LogP contribution in [0.25, 0.3) is 0 Å². The number of hydrogen-bond acceptors (Lipinski definition) is 2. The van der Waals surface area contributed by atoms with Crippen LogP contribution in [0.3, 0.4) is 0 Å². The van der Waals surface area contributed by atoms with Gasteiger partial charge in [-0.3, -0.25) is 0 Å². The Bertz CT molecular complexity index is 318. The first-order valence-electron chi connectivity index (χ1n) is 6.57. The van der Waals surface area contributed by atoms with Gasteiger partial charge in [-0.15, -0.1) is 0 Å². The van der Waals surface area contributed by atoms with E-state index in [1.165, 1.54) is 5.56 Å². The molecule has 0 fully saturated rings. The molecule has 0 aliphatic heterocycles. The highest BCUT2D eigenvalue weighted by atomic mass is 16.3. The van der Waals surface area contributed by atoms with Crippen molar-refractivity contribution in [3.63, 3.8) is 0 Å². The lowest BCUT2D eigenvalue weighted by Gasteiger charge is -2.20. The molecule has 0 bridgehead atoms. The molecule has 17 heavy (non-hydrogen) atoms. The zero-order valence-corrected chi connectivity index (χ0v) is 11.2. The second-order valence-corrected chi connectivity index (χ2v) is 5.16. The fraction of sp³-hybridized carbons (Fsp3) is 0.600. The van der Waals surface area contributed by atoms with Gasteiger partial charge >= 0.3 is 0 Å². The van der Waals surface area contributed by atoms with Gasteiger partial charge in [-0.05, 0) is 36.3 Å². The van der Waals surface area contributed by atoms with Gasteiger partial charge in [0.25, 0.3) is 0 Å². The van der Waals surface area contributed by atoms with Crippen molar-refractivity contribution in [2.75, 3.05) is 0 Å². The van der Waals surface area contributed by atoms with E-state index in [0.29, 0.717) is 5.92 Å². The molecule has 2 atom stereocenters. The van der Waals surface area contributed by atoms with E-state index in [4.69, 9.17) is 5.73 Å². The first kappa shape index (κ1) is 14.2. The first-order valence-corrected chi connectivity index (χ1v) is 6.57. The smallest absolute Gasteiger partial charge is 0.0732 e. The molecule has 96 valence electrons. The highest BCUT2D eigenvalue weighted by Gasteiger charge is 2.16. The van der Waals surface area contributed by atoms with E-state index in [1.54, 1.807) is 0 Å². The van der Waals surface area contributed by atoms with Gasteiger partial charge in [0.2, 0.25) is 0 Å². The molecule has 0 heterocycles. The molecule has 0 saturated carbocycles. The van der Waals surface area contributed by atoms with Crippen LogP contribution in [0.15, 0.2) is 24.3 Å². The summed E-state index contributed by atoms with van der Waals surface area (Å²) in [6, 6.07) is 7.97. The molecule has 3 N–H and O–H groups in total. The van der Waals surface area contributed by atoms with Gasteiger partial charge in [-0.1, -0.05) is 45.0 Å². The number of aliphatic hydroxyl groups is 1. The van der Waals surface area contributed by atoms with Crippen LogP contribution in [-0.2, 0) is 6.42 Å². The number of benzene rings is 1. The van der Waals surface area contributed by atoms with Gasteiger partial charge in [0.1, 0.15) is 0 Å². The summed E-state index contributed by atoms with van der Waals surface area (Å²) in [7, 11) is 0. The topological polar surface area (TPSA) is 46.2 Å². The van der Waals surface area contributed by atoms with Crippen LogP contribution >= 0.6 is 0 Å². The predicted molar refractivity (Wildman–Crippen MR) is 72.8 cm³/mol. The van der Waals surface area contributed by atoms with Gasteiger partial charge in [-0.2, -0.15) is 0 Å². The lowest BCUT2D eigenvalue weighted by Crippen LogP contribution is -2.26. The maximum absolute atomic E-state index is 10.0. The molecule has 2 nitrogen and oxygen atoms in total. The van der Waals surface area contributed by atoms with E-state index in [1.807, 2.05) is 12.1 Å². The Labute approximate surface area is 105 Å². The zero-order chi connectivity index (χ0) is 12.8. The number of hydrogen-bond donors (Lipinski definition) is 2. The van der Waals surface area contributed by atoms with E-state index < -0.39 is 6.10 Å². The average Bonchev–Trinajstić information content (AvgIpc) is 2.35. The third-order valence-electron chi connectivity index (χ3n) is 3.23. The van der Waals surface area contributed by atoms with Gasteiger partial charge in [-0.25, -0.2) is 0 Å². The SMILES string of the molecule is CCc1ccc([C@H](N)[C@H](O)CCC(C)C)cc1. The zero-order valence-electron chi connectivity index (χ0n) is 11.2. The molecule has 1 aromatic carbocycles. The fourth-order valence-electron chi connectivity index (χ4n) is 1.88. The van der Waals surface area contributed by atoms with Crippen LogP contribution in [0.5, 0.6) is 0 Å². The third kappa shape index (κ3) is 4.49. The molecule has 2 heteroatoms. The van der Waals surface area contributed by atoms with E-state index in [9.17, 15) is 5.11 Å². The van der Waals surface area contributed by atoms with E-state index in [-0.39, 0.29) is 6.04 Å². The molecule has 1 rings (SSSR count). The summed E-state index contributed by atoms with van der Waals surface area (Å²) >= 11 is 0. The molecule has 0 saturated heterocycles. The Balaban J connectivity index is 2.58. The third-order valence-corrected chi connectivity index (χ3v) is 3.23. The van der Waals surface area contributed by atoms with Gasteiger partial charge < -0.3 is 10.8 Å². The summed E-state index contributed by atoms with van der Waals surface area (Å²) < 4.78 is 0. The maximum Gasteiger partial charge on any atom is 0.0732 e. The molecule has 0 radical (unpaired) electrons. The van der Waals surface area contributed by atoms with Crippen molar-refractivity contribution in [2.24, 2.45) is 11.7 Å². The Morgan fingerprint density at radius 1 is 1.12 bits per heavy atom. The van der Waals surface area contributed by atoms with Crippen molar-refractivity contribution in [3.05, 3.63) is 35.4 Å². The molecular weight excluding hydrogens is 210 g/mol. The fourth-order valence-corrected chi connectivity index (χ4v) is 1.88. The van der Waals surface area contributed by atoms with Crippen molar-refractivity contribution < 1.29 is 5.11 Å². The monoisotopic (exact) mass is 235 g/mol. The van der Waals surface area contributed by atoms with Gasteiger partial charge in [0.15, 0.2) is 0 Å². The second-order valence-electron chi connectivity index (χ2n) is 5.16. The van der Waals surface area contributed by atoms with Crippen LogP contribution < -0.4 is 5.73 Å². The molecule has 0 amide bonds. The Morgan fingerprint density at radius 3 is 2.18 bits per heavy atom. The highest BCUT2D eigenvalue weighted by Crippen LogP contribution is 2.20. The highest BCUT2D eigenvalue weighted by molar-refractivity contribution is 5.25. The van der Waals surface area contributed by atoms with E-state index in [2.05, 4.69) is 32.9 Å². The van der Waals surface area contributed by atoms with Gasteiger partial charge in [0, 0.05) is 0 Å². The molecule has 0 aromatic heterocycles. The summed E-state index contributed by atoms with van der Waals surface area (Å²) in [4.78, 5) is 0. The Kier molecular flexibility index (Phi) is 5.66. The number of aliphatic hydroxyl groups excluding tert-OH is 1. The minimum atomic E-state index is -0.440. The minimum absolute atomic E-state index is 0.264. The lowest BCUT2D eigenvalue weighted by atomic mass is 9.95. The van der Waals surface area contributed by atoms with Crippen molar-refractivity contribution in [1.82, 2.24) is 0 Å². The van der Waals surface area contributed by atoms with Crippen LogP contribution in [0.2, 0.25) is 0 Å². The van der Waals surface area contributed by atoms with Crippen LogP contribution in [0.4, 0.5) is 0 Å². The largest absolute Gasteiger partial charge is 0.391 e. The molecule has 0 spiro atoms. The quantitative estimate of drug-likeness (QED) is 0.796. The Hall–Kier alpha value is -0.860. The number of aryl methyl sites for hydroxylation is 1. The summed E-state index contributed by atoms with van der Waals surface area (Å²) in [5.41, 5.74) is 8.40. The number of nitrogens with two attached hydrogens (primary N) is 1. The van der Waals surface area contributed by atoms with Crippen LogP contribution in [0.1, 0.15) is 50.8 Å². The van der Waals surface area contributed by atoms with E-state index in [0.717, 1.165) is 24.8 Å². The molecule has 0 aliphatic rings. The second kappa shape index (κ2) is 6.77. The van der Waals surface area contributed by atoms with E-state index >= 15 is 0 Å². The molecule has 0 aliphatic carbocycles. The first-order chi connectivity index (χ1) is 8.04. The lowest BCUT2D eigenvalue weighted by molar-refractivity contribution is 0.128. The normalized spacial score (nSPS) is 14.9. The molecule has 0 unspecified atom stereocenters. The van der Waals surface area contributed by atoms with Gasteiger partial charge in [0.05, 0.1) is 12.1 Å². The van der Waals surface area contributed by atoms with Crippen molar-refractivity contribution in [1.29, 1.82) is 0 Å². The Morgan fingerprint density at radius 2 is 1.71 bits per heavy atom. The molecular formula is C15H25NO. The summed E-state index contributed by atoms with van der Waals surface area (Å²) in [5, 5.41) is 10.0. The maximum atomic E-state index is 10.0. The summed E-state index contributed by atoms with van der Waals surface area (Å²) in [6.45, 7) is 6.45. The minimum Gasteiger partial charge on any atom is -0.391 e. The average molecular weight is 235 g/mol. The van der Waals surface area contributed by atoms with Crippen LogP contribution in [0, 0.1) is 5.92 Å². The summed E-state index contributed by atoms with van der Waals surface area (Å²) in [5.74, 6) is 0.610. The van der Waals surface area contributed by atoms with Crippen molar-refractivity contribution in [2.45, 2.75) is 52.2 Å². The summed E-state index contributed by atoms with van der Waals surface area (Å²) in [6.07, 6.45) is 2.38. The van der Waals surface area contributed by atoms with Crippen molar-refractivity contribution in [3.8, 4) is 0 Å². The number of rotatable bonds is 6.